The van der Waals surface area contributed by atoms with Crippen molar-refractivity contribution in [2.24, 2.45) is 5.92 Å². The van der Waals surface area contributed by atoms with Gasteiger partial charge in [0.05, 0.1) is 5.92 Å². The summed E-state index contributed by atoms with van der Waals surface area (Å²) in [6.45, 7) is 2.25. The molecular formula is C17H22N2O4. The van der Waals surface area contributed by atoms with Gasteiger partial charge in [-0.05, 0) is 25.0 Å². The maximum Gasteiger partial charge on any atom is 0.308 e. The molecule has 0 aliphatic carbocycles. The lowest BCUT2D eigenvalue weighted by Crippen LogP contribution is -2.48. The molecule has 6 nitrogen and oxygen atoms in total. The number of amides is 2. The number of hydrogen-bond acceptors (Lipinski definition) is 3. The fourth-order valence-electron chi connectivity index (χ4n) is 2.85. The number of hydrogen-bond donors (Lipinski definition) is 1. The molecule has 2 amide bonds. The lowest BCUT2D eigenvalue weighted by atomic mass is 10.1. The molecular weight excluding hydrogens is 296 g/mol. The Hall–Kier alpha value is -2.37. The van der Waals surface area contributed by atoms with Gasteiger partial charge in [-0.1, -0.05) is 25.1 Å². The van der Waals surface area contributed by atoms with Gasteiger partial charge in [0.25, 0.3) is 5.91 Å². The Bertz CT molecular complexity index is 588. The van der Waals surface area contributed by atoms with Crippen LogP contribution in [-0.4, -0.2) is 58.9 Å². The Morgan fingerprint density at radius 3 is 2.57 bits per heavy atom. The van der Waals surface area contributed by atoms with Gasteiger partial charge in [0.1, 0.15) is 6.04 Å². The summed E-state index contributed by atoms with van der Waals surface area (Å²) in [7, 11) is 1.59. The summed E-state index contributed by atoms with van der Waals surface area (Å²) in [6, 6.07) is 8.39. The van der Waals surface area contributed by atoms with Crippen molar-refractivity contribution in [3.63, 3.8) is 0 Å². The molecule has 1 aliphatic rings. The first-order valence-corrected chi connectivity index (χ1v) is 7.75. The fourth-order valence-corrected chi connectivity index (χ4v) is 2.85. The molecule has 2 unspecified atom stereocenters. The zero-order valence-electron chi connectivity index (χ0n) is 13.4. The van der Waals surface area contributed by atoms with Crippen molar-refractivity contribution in [3.8, 4) is 0 Å². The van der Waals surface area contributed by atoms with E-state index in [1.165, 1.54) is 4.90 Å². The molecule has 1 saturated heterocycles. The van der Waals surface area contributed by atoms with E-state index in [1.807, 2.05) is 6.07 Å². The van der Waals surface area contributed by atoms with Gasteiger partial charge in [0.2, 0.25) is 5.91 Å². The lowest BCUT2D eigenvalue weighted by Gasteiger charge is -2.29. The molecule has 1 aromatic carbocycles. The fraction of sp³-hybridized carbons (Fsp3) is 0.471. The molecule has 23 heavy (non-hydrogen) atoms. The van der Waals surface area contributed by atoms with Gasteiger partial charge in [-0.2, -0.15) is 0 Å². The summed E-state index contributed by atoms with van der Waals surface area (Å²) >= 11 is 0. The Kier molecular flexibility index (Phi) is 5.36. The van der Waals surface area contributed by atoms with Gasteiger partial charge in [0, 0.05) is 25.7 Å². The largest absolute Gasteiger partial charge is 0.481 e. The quantitative estimate of drug-likeness (QED) is 0.892. The zero-order chi connectivity index (χ0) is 17.0. The van der Waals surface area contributed by atoms with Gasteiger partial charge in [-0.25, -0.2) is 0 Å². The van der Waals surface area contributed by atoms with Crippen LogP contribution in [0.25, 0.3) is 0 Å². The van der Waals surface area contributed by atoms with Gasteiger partial charge < -0.3 is 14.9 Å². The summed E-state index contributed by atoms with van der Waals surface area (Å²) in [5.74, 6) is -1.92. The van der Waals surface area contributed by atoms with Crippen molar-refractivity contribution in [2.75, 3.05) is 20.1 Å². The molecule has 6 heteroatoms. The Labute approximate surface area is 135 Å². The standard InChI is InChI=1S/C17H22N2O4/c1-12(17(22)23)11-18(2)16(21)14-9-6-10-19(14)15(20)13-7-4-3-5-8-13/h3-5,7-8,12,14H,6,9-11H2,1-2H3,(H,22,23). The van der Waals surface area contributed by atoms with Crippen LogP contribution >= 0.6 is 0 Å². The second kappa shape index (κ2) is 7.26. The predicted octanol–water partition coefficient (Wildman–Crippen LogP) is 1.47. The monoisotopic (exact) mass is 318 g/mol. The average molecular weight is 318 g/mol. The Balaban J connectivity index is 2.07. The number of rotatable bonds is 5. The topological polar surface area (TPSA) is 77.9 Å². The summed E-state index contributed by atoms with van der Waals surface area (Å²) < 4.78 is 0. The average Bonchev–Trinajstić information content (AvgIpc) is 3.03. The highest BCUT2D eigenvalue weighted by molar-refractivity contribution is 5.97. The van der Waals surface area contributed by atoms with Gasteiger partial charge in [-0.15, -0.1) is 0 Å². The van der Waals surface area contributed by atoms with E-state index in [4.69, 9.17) is 5.11 Å². The molecule has 0 aromatic heterocycles. The molecule has 1 heterocycles. The summed E-state index contributed by atoms with van der Waals surface area (Å²) in [6.07, 6.45) is 1.39. The van der Waals surface area contributed by atoms with Crippen molar-refractivity contribution >= 4 is 17.8 Å². The zero-order valence-corrected chi connectivity index (χ0v) is 13.4. The molecule has 1 N–H and O–H groups in total. The van der Waals surface area contributed by atoms with Crippen molar-refractivity contribution in [3.05, 3.63) is 35.9 Å². The van der Waals surface area contributed by atoms with Crippen LogP contribution in [0.5, 0.6) is 0 Å². The van der Waals surface area contributed by atoms with Crippen LogP contribution in [0, 0.1) is 5.92 Å². The van der Waals surface area contributed by atoms with E-state index in [2.05, 4.69) is 0 Å². The third-order valence-corrected chi connectivity index (χ3v) is 4.16. The third-order valence-electron chi connectivity index (χ3n) is 4.16. The second-order valence-electron chi connectivity index (χ2n) is 5.98. The van der Waals surface area contributed by atoms with Crippen LogP contribution in [0.1, 0.15) is 30.1 Å². The summed E-state index contributed by atoms with van der Waals surface area (Å²) in [5, 5.41) is 8.96. The maximum atomic E-state index is 12.6. The van der Waals surface area contributed by atoms with E-state index >= 15 is 0 Å². The van der Waals surface area contributed by atoms with E-state index in [0.717, 1.165) is 6.42 Å². The van der Waals surface area contributed by atoms with Crippen LogP contribution in [0.2, 0.25) is 0 Å². The molecule has 2 atom stereocenters. The number of likely N-dealkylation sites (tertiary alicyclic amines) is 1. The smallest absolute Gasteiger partial charge is 0.308 e. The number of likely N-dealkylation sites (N-methyl/N-ethyl adjacent to an activating group) is 1. The minimum absolute atomic E-state index is 0.137. The second-order valence-corrected chi connectivity index (χ2v) is 5.98. The molecule has 1 fully saturated rings. The summed E-state index contributed by atoms with van der Waals surface area (Å²) in [5.41, 5.74) is 0.564. The van der Waals surface area contributed by atoms with Crippen molar-refractivity contribution in [1.82, 2.24) is 9.80 Å². The first-order valence-electron chi connectivity index (χ1n) is 7.75. The van der Waals surface area contributed by atoms with Crippen LogP contribution in [-0.2, 0) is 9.59 Å². The van der Waals surface area contributed by atoms with Gasteiger partial charge in [-0.3, -0.25) is 14.4 Å². The maximum absolute atomic E-state index is 12.6. The first-order chi connectivity index (χ1) is 10.9. The minimum atomic E-state index is -0.937. The van der Waals surface area contributed by atoms with E-state index in [0.29, 0.717) is 18.5 Å². The molecule has 1 aromatic rings. The van der Waals surface area contributed by atoms with Gasteiger partial charge in [0.15, 0.2) is 0 Å². The van der Waals surface area contributed by atoms with Crippen LogP contribution in [0.3, 0.4) is 0 Å². The highest BCUT2D eigenvalue weighted by Gasteiger charge is 2.36. The molecule has 0 bridgehead atoms. The number of benzene rings is 1. The van der Waals surface area contributed by atoms with Crippen LogP contribution < -0.4 is 0 Å². The van der Waals surface area contributed by atoms with E-state index in [9.17, 15) is 14.4 Å². The van der Waals surface area contributed by atoms with E-state index in [1.54, 1.807) is 43.1 Å². The third kappa shape index (κ3) is 3.88. The highest BCUT2D eigenvalue weighted by atomic mass is 16.4. The molecule has 0 saturated carbocycles. The Morgan fingerprint density at radius 2 is 1.96 bits per heavy atom. The molecule has 1 aliphatic heterocycles. The minimum Gasteiger partial charge on any atom is -0.481 e. The molecule has 124 valence electrons. The predicted molar refractivity (Wildman–Crippen MR) is 84.9 cm³/mol. The van der Waals surface area contributed by atoms with E-state index < -0.39 is 17.9 Å². The van der Waals surface area contributed by atoms with Crippen LogP contribution in [0.15, 0.2) is 30.3 Å². The Morgan fingerprint density at radius 1 is 1.30 bits per heavy atom. The van der Waals surface area contributed by atoms with Crippen LogP contribution in [0.4, 0.5) is 0 Å². The SMILES string of the molecule is CC(CN(C)C(=O)C1CCCN1C(=O)c1ccccc1)C(=O)O. The normalized spacial score (nSPS) is 18.5. The number of nitrogens with zero attached hydrogens (tertiary/aromatic N) is 2. The van der Waals surface area contributed by atoms with Crippen molar-refractivity contribution in [1.29, 1.82) is 0 Å². The first kappa shape index (κ1) is 17.0. The van der Waals surface area contributed by atoms with Crippen molar-refractivity contribution < 1.29 is 19.5 Å². The highest BCUT2D eigenvalue weighted by Crippen LogP contribution is 2.22. The number of carboxylic acids is 1. The van der Waals surface area contributed by atoms with E-state index in [-0.39, 0.29) is 18.4 Å². The van der Waals surface area contributed by atoms with Crippen molar-refractivity contribution in [2.45, 2.75) is 25.8 Å². The lowest BCUT2D eigenvalue weighted by molar-refractivity contribution is -0.143. The molecule has 0 radical (unpaired) electrons. The number of aliphatic carboxylic acids is 1. The molecule has 0 spiro atoms. The number of carbonyl (C=O) groups is 3. The number of carboxylic acid groups (broad SMARTS) is 1. The number of carbonyl (C=O) groups excluding carboxylic acids is 2. The summed E-state index contributed by atoms with van der Waals surface area (Å²) in [4.78, 5) is 39.1. The van der Waals surface area contributed by atoms with Gasteiger partial charge >= 0.3 is 5.97 Å². The molecule has 2 rings (SSSR count).